The van der Waals surface area contributed by atoms with Crippen molar-refractivity contribution in [1.29, 1.82) is 0 Å². The fraction of sp³-hybridized carbons (Fsp3) is 0.286. The van der Waals surface area contributed by atoms with E-state index in [1.165, 1.54) is 4.90 Å². The van der Waals surface area contributed by atoms with Crippen molar-refractivity contribution in [3.05, 3.63) is 59.7 Å². The Morgan fingerprint density at radius 2 is 1.75 bits per heavy atom. The number of esters is 1. The molecular weight excluding hydrogens is 360 g/mol. The van der Waals surface area contributed by atoms with Gasteiger partial charge < -0.3 is 19.7 Å². The van der Waals surface area contributed by atoms with Crippen LogP contribution in [0.15, 0.2) is 48.5 Å². The quantitative estimate of drug-likeness (QED) is 0.742. The van der Waals surface area contributed by atoms with Gasteiger partial charge in [0.05, 0.1) is 0 Å². The minimum Gasteiger partial charge on any atom is -0.479 e. The number of aryl methyl sites for hydroxylation is 1. The van der Waals surface area contributed by atoms with Crippen molar-refractivity contribution in [3.63, 3.8) is 0 Å². The molecule has 2 aromatic rings. The minimum atomic E-state index is -0.842. The monoisotopic (exact) mass is 384 g/mol. The Hall–Kier alpha value is -3.35. The second kappa shape index (κ2) is 9.55. The van der Waals surface area contributed by atoms with Gasteiger partial charge in [0.1, 0.15) is 5.75 Å². The van der Waals surface area contributed by atoms with Crippen LogP contribution < -0.4 is 10.1 Å². The zero-order chi connectivity index (χ0) is 20.7. The fourth-order valence-corrected chi connectivity index (χ4v) is 2.35. The smallest absolute Gasteiger partial charge is 0.347 e. The van der Waals surface area contributed by atoms with Crippen molar-refractivity contribution < 1.29 is 23.9 Å². The van der Waals surface area contributed by atoms with Crippen LogP contribution >= 0.6 is 0 Å². The molecule has 0 saturated heterocycles. The summed E-state index contributed by atoms with van der Waals surface area (Å²) in [5.74, 6) is -0.693. The average molecular weight is 384 g/mol. The fourth-order valence-electron chi connectivity index (χ4n) is 2.35. The summed E-state index contributed by atoms with van der Waals surface area (Å²) in [6.45, 7) is 3.05. The van der Waals surface area contributed by atoms with Crippen LogP contribution in [-0.2, 0) is 14.3 Å². The maximum Gasteiger partial charge on any atom is 0.347 e. The van der Waals surface area contributed by atoms with Crippen LogP contribution in [0.3, 0.4) is 0 Å². The van der Waals surface area contributed by atoms with E-state index in [-0.39, 0.29) is 5.91 Å². The van der Waals surface area contributed by atoms with Crippen LogP contribution in [0.25, 0.3) is 0 Å². The van der Waals surface area contributed by atoms with Crippen LogP contribution in [0.4, 0.5) is 5.69 Å². The minimum absolute atomic E-state index is 0.130. The zero-order valence-electron chi connectivity index (χ0n) is 16.4. The Kier molecular flexibility index (Phi) is 7.14. The zero-order valence-corrected chi connectivity index (χ0v) is 16.4. The number of carbonyl (C=O) groups is 3. The standard InChI is InChI=1S/C21H24N2O5/c1-14-6-5-7-18(12-14)28-15(2)21(26)27-13-19(24)22-17-10-8-16(9-11-17)20(25)23(3)4/h5-12,15H,13H2,1-4H3,(H,22,24)/t15-/m0/s1. The summed E-state index contributed by atoms with van der Waals surface area (Å²) in [4.78, 5) is 37.3. The van der Waals surface area contributed by atoms with Gasteiger partial charge in [-0.25, -0.2) is 4.79 Å². The number of ether oxygens (including phenoxy) is 2. The molecular formula is C21H24N2O5. The van der Waals surface area contributed by atoms with Gasteiger partial charge in [-0.3, -0.25) is 9.59 Å². The number of rotatable bonds is 7. The molecule has 148 valence electrons. The maximum atomic E-state index is 12.0. The molecule has 0 bridgehead atoms. The molecule has 2 amide bonds. The first kappa shape index (κ1) is 21.0. The van der Waals surface area contributed by atoms with Gasteiger partial charge >= 0.3 is 5.97 Å². The molecule has 0 aliphatic heterocycles. The van der Waals surface area contributed by atoms with Crippen LogP contribution in [0, 0.1) is 6.92 Å². The van der Waals surface area contributed by atoms with E-state index in [1.54, 1.807) is 57.4 Å². The number of anilines is 1. The second-order valence-electron chi connectivity index (χ2n) is 6.51. The Balaban J connectivity index is 1.81. The molecule has 0 fully saturated rings. The van der Waals surface area contributed by atoms with Crippen molar-refractivity contribution >= 4 is 23.5 Å². The Morgan fingerprint density at radius 1 is 1.07 bits per heavy atom. The maximum absolute atomic E-state index is 12.0. The summed E-state index contributed by atoms with van der Waals surface area (Å²) < 4.78 is 10.5. The Morgan fingerprint density at radius 3 is 2.36 bits per heavy atom. The molecule has 0 aromatic heterocycles. The van der Waals surface area contributed by atoms with E-state index in [9.17, 15) is 14.4 Å². The molecule has 2 aromatic carbocycles. The summed E-state index contributed by atoms with van der Waals surface area (Å²) in [5, 5.41) is 2.61. The van der Waals surface area contributed by atoms with Crippen molar-refractivity contribution in [2.75, 3.05) is 26.0 Å². The third kappa shape index (κ3) is 6.12. The van der Waals surface area contributed by atoms with Gasteiger partial charge in [0, 0.05) is 25.3 Å². The first-order valence-corrected chi connectivity index (χ1v) is 8.78. The van der Waals surface area contributed by atoms with E-state index in [2.05, 4.69) is 5.32 Å². The van der Waals surface area contributed by atoms with Crippen molar-refractivity contribution in [3.8, 4) is 5.75 Å². The number of carbonyl (C=O) groups excluding carboxylic acids is 3. The third-order valence-electron chi connectivity index (χ3n) is 3.80. The van der Waals surface area contributed by atoms with E-state index in [0.29, 0.717) is 17.0 Å². The van der Waals surface area contributed by atoms with Gasteiger partial charge in [-0.1, -0.05) is 12.1 Å². The van der Waals surface area contributed by atoms with Gasteiger partial charge in [0.25, 0.3) is 11.8 Å². The van der Waals surface area contributed by atoms with Gasteiger partial charge in [-0.05, 0) is 55.8 Å². The predicted molar refractivity (Wildman–Crippen MR) is 105 cm³/mol. The number of benzene rings is 2. The van der Waals surface area contributed by atoms with Gasteiger partial charge in [0.15, 0.2) is 12.7 Å². The summed E-state index contributed by atoms with van der Waals surface area (Å²) in [6.07, 6.45) is -0.842. The van der Waals surface area contributed by atoms with Crippen LogP contribution in [0.2, 0.25) is 0 Å². The molecule has 0 aliphatic carbocycles. The van der Waals surface area contributed by atoms with E-state index in [1.807, 2.05) is 19.1 Å². The first-order valence-electron chi connectivity index (χ1n) is 8.78. The summed E-state index contributed by atoms with van der Waals surface area (Å²) in [7, 11) is 3.33. The third-order valence-corrected chi connectivity index (χ3v) is 3.80. The molecule has 1 atom stereocenters. The number of hydrogen-bond donors (Lipinski definition) is 1. The molecule has 1 N–H and O–H groups in total. The molecule has 0 saturated carbocycles. The van der Waals surface area contributed by atoms with Gasteiger partial charge in [-0.15, -0.1) is 0 Å². The Bertz CT molecular complexity index is 846. The molecule has 0 radical (unpaired) electrons. The second-order valence-corrected chi connectivity index (χ2v) is 6.51. The normalized spacial score (nSPS) is 11.3. The number of nitrogens with zero attached hydrogens (tertiary/aromatic N) is 1. The molecule has 0 aliphatic rings. The van der Waals surface area contributed by atoms with Gasteiger partial charge in [0.2, 0.25) is 0 Å². The van der Waals surface area contributed by atoms with Gasteiger partial charge in [-0.2, -0.15) is 0 Å². The van der Waals surface area contributed by atoms with Crippen LogP contribution in [0.5, 0.6) is 5.75 Å². The molecule has 0 heterocycles. The average Bonchev–Trinajstić information content (AvgIpc) is 2.66. The Labute approximate surface area is 164 Å². The highest BCUT2D eigenvalue weighted by molar-refractivity contribution is 5.96. The number of nitrogens with one attached hydrogen (secondary N) is 1. The first-order chi connectivity index (χ1) is 13.3. The van der Waals surface area contributed by atoms with Crippen molar-refractivity contribution in [2.24, 2.45) is 0 Å². The molecule has 0 unspecified atom stereocenters. The SMILES string of the molecule is Cc1cccc(O[C@@H](C)C(=O)OCC(=O)Nc2ccc(C(=O)N(C)C)cc2)c1. The largest absolute Gasteiger partial charge is 0.479 e. The molecule has 0 spiro atoms. The summed E-state index contributed by atoms with van der Waals surface area (Å²) in [5.41, 5.74) is 2.02. The molecule has 7 nitrogen and oxygen atoms in total. The van der Waals surface area contributed by atoms with E-state index in [4.69, 9.17) is 9.47 Å². The summed E-state index contributed by atoms with van der Waals surface area (Å²) >= 11 is 0. The number of amides is 2. The van der Waals surface area contributed by atoms with Crippen LogP contribution in [-0.4, -0.2) is 49.5 Å². The van der Waals surface area contributed by atoms with E-state index >= 15 is 0 Å². The lowest BCUT2D eigenvalue weighted by molar-refractivity contribution is -0.153. The highest BCUT2D eigenvalue weighted by Crippen LogP contribution is 2.15. The summed E-state index contributed by atoms with van der Waals surface area (Å²) in [6, 6.07) is 13.7. The molecule has 2 rings (SSSR count). The topological polar surface area (TPSA) is 84.9 Å². The lowest BCUT2D eigenvalue weighted by Gasteiger charge is -2.14. The molecule has 28 heavy (non-hydrogen) atoms. The number of hydrogen-bond acceptors (Lipinski definition) is 5. The highest BCUT2D eigenvalue weighted by atomic mass is 16.6. The van der Waals surface area contributed by atoms with Crippen molar-refractivity contribution in [1.82, 2.24) is 4.90 Å². The highest BCUT2D eigenvalue weighted by Gasteiger charge is 2.18. The lowest BCUT2D eigenvalue weighted by Crippen LogP contribution is -2.29. The van der Waals surface area contributed by atoms with Crippen molar-refractivity contribution in [2.45, 2.75) is 20.0 Å². The molecule has 7 heteroatoms. The van der Waals surface area contributed by atoms with E-state index < -0.39 is 24.6 Å². The lowest BCUT2D eigenvalue weighted by atomic mass is 10.2. The predicted octanol–water partition coefficient (Wildman–Crippen LogP) is 2.65. The van der Waals surface area contributed by atoms with Crippen LogP contribution in [0.1, 0.15) is 22.8 Å². The van der Waals surface area contributed by atoms with E-state index in [0.717, 1.165) is 5.56 Å².